The lowest BCUT2D eigenvalue weighted by Gasteiger charge is -2.27. The molecular weight excluding hydrogens is 493 g/mol. The molecule has 0 unspecified atom stereocenters. The number of hydrogen-bond donors (Lipinski definition) is 2. The van der Waals surface area contributed by atoms with Crippen LogP contribution in [0.3, 0.4) is 0 Å². The minimum atomic E-state index is 0.378. The number of nitrogens with zero attached hydrogens (tertiary/aromatic N) is 5. The molecule has 0 radical (unpaired) electrons. The van der Waals surface area contributed by atoms with E-state index in [4.69, 9.17) is 4.74 Å². The lowest BCUT2D eigenvalue weighted by Crippen LogP contribution is -2.37. The highest BCUT2D eigenvalue weighted by Crippen LogP contribution is 2.19. The predicted octanol–water partition coefficient (Wildman–Crippen LogP) is 3.81. The topological polar surface area (TPSA) is 87.6 Å². The maximum absolute atomic E-state index is 5.45. The van der Waals surface area contributed by atoms with Crippen LogP contribution in [0.2, 0.25) is 0 Å². The van der Waals surface area contributed by atoms with E-state index in [1.807, 2.05) is 48.5 Å². The molecule has 3 aromatic rings. The third-order valence-corrected chi connectivity index (χ3v) is 5.48. The lowest BCUT2D eigenvalue weighted by molar-refractivity contribution is 0.122. The van der Waals surface area contributed by atoms with Crippen molar-refractivity contribution in [3.05, 3.63) is 63.2 Å². The SMILES string of the molecule is Cc1ccc(Nc2nc(N/N=C\c3ccccc3I)nc(N3CCOCC3)n2)cc1. The molecule has 154 valence electrons. The number of aromatic nitrogens is 3. The van der Waals surface area contributed by atoms with Crippen LogP contribution in [-0.2, 0) is 4.74 Å². The second-order valence-electron chi connectivity index (χ2n) is 6.76. The summed E-state index contributed by atoms with van der Waals surface area (Å²) in [7, 11) is 0. The van der Waals surface area contributed by atoms with Gasteiger partial charge in [0.1, 0.15) is 0 Å². The van der Waals surface area contributed by atoms with Crippen molar-refractivity contribution < 1.29 is 4.74 Å². The largest absolute Gasteiger partial charge is 0.378 e. The van der Waals surface area contributed by atoms with Crippen molar-refractivity contribution >= 4 is 52.3 Å². The molecule has 2 N–H and O–H groups in total. The van der Waals surface area contributed by atoms with Gasteiger partial charge in [-0.1, -0.05) is 35.9 Å². The number of halogens is 1. The minimum absolute atomic E-state index is 0.378. The number of hydrogen-bond acceptors (Lipinski definition) is 8. The number of hydrazone groups is 1. The zero-order valence-corrected chi connectivity index (χ0v) is 18.7. The summed E-state index contributed by atoms with van der Waals surface area (Å²) >= 11 is 2.28. The number of morpholine rings is 1. The van der Waals surface area contributed by atoms with Gasteiger partial charge in [0.25, 0.3) is 0 Å². The van der Waals surface area contributed by atoms with Crippen LogP contribution >= 0.6 is 22.6 Å². The fourth-order valence-electron chi connectivity index (χ4n) is 2.88. The number of benzene rings is 2. The first kappa shape index (κ1) is 20.5. The van der Waals surface area contributed by atoms with Crippen LogP contribution in [0.4, 0.5) is 23.5 Å². The minimum Gasteiger partial charge on any atom is -0.378 e. The highest BCUT2D eigenvalue weighted by Gasteiger charge is 2.16. The molecule has 1 aromatic heterocycles. The Kier molecular flexibility index (Phi) is 6.70. The molecule has 1 fully saturated rings. The van der Waals surface area contributed by atoms with Crippen molar-refractivity contribution in [1.82, 2.24) is 15.0 Å². The standard InChI is InChI=1S/C21H22IN7O/c1-15-6-8-17(9-7-15)24-19-25-20(27-21(26-19)29-10-12-30-13-11-29)28-23-14-16-4-2-3-5-18(16)22/h2-9,14H,10-13H2,1H3,(H2,24,25,26,27,28)/b23-14-. The van der Waals surface area contributed by atoms with E-state index in [1.165, 1.54) is 5.56 Å². The second-order valence-corrected chi connectivity index (χ2v) is 7.93. The van der Waals surface area contributed by atoms with Gasteiger partial charge in [-0.05, 0) is 47.7 Å². The first-order chi connectivity index (χ1) is 14.7. The zero-order valence-electron chi connectivity index (χ0n) is 16.5. The van der Waals surface area contributed by atoms with Gasteiger partial charge in [0.2, 0.25) is 17.8 Å². The van der Waals surface area contributed by atoms with Crippen LogP contribution < -0.4 is 15.6 Å². The van der Waals surface area contributed by atoms with Gasteiger partial charge in [0, 0.05) is 27.9 Å². The molecule has 0 bridgehead atoms. The van der Waals surface area contributed by atoms with Crippen molar-refractivity contribution in [2.24, 2.45) is 5.10 Å². The molecule has 1 aliphatic rings. The van der Waals surface area contributed by atoms with E-state index in [1.54, 1.807) is 6.21 Å². The van der Waals surface area contributed by atoms with Gasteiger partial charge >= 0.3 is 0 Å². The number of ether oxygens (including phenoxy) is 1. The predicted molar refractivity (Wildman–Crippen MR) is 128 cm³/mol. The van der Waals surface area contributed by atoms with Crippen LogP contribution in [0, 0.1) is 10.5 Å². The quantitative estimate of drug-likeness (QED) is 0.293. The van der Waals surface area contributed by atoms with Crippen molar-refractivity contribution in [2.45, 2.75) is 6.92 Å². The smallest absolute Gasteiger partial charge is 0.250 e. The molecule has 8 nitrogen and oxygen atoms in total. The number of nitrogens with one attached hydrogen (secondary N) is 2. The maximum atomic E-state index is 5.45. The summed E-state index contributed by atoms with van der Waals surface area (Å²) in [6.45, 7) is 4.83. The van der Waals surface area contributed by atoms with Gasteiger partial charge in [-0.3, -0.25) is 0 Å². The van der Waals surface area contributed by atoms with Crippen molar-refractivity contribution in [3.63, 3.8) is 0 Å². The third kappa shape index (κ3) is 5.42. The third-order valence-electron chi connectivity index (χ3n) is 4.50. The van der Waals surface area contributed by atoms with Gasteiger partial charge in [0.05, 0.1) is 19.4 Å². The average Bonchev–Trinajstić information content (AvgIpc) is 2.77. The van der Waals surface area contributed by atoms with Crippen molar-refractivity contribution in [2.75, 3.05) is 41.9 Å². The molecular formula is C21H22IN7O. The summed E-state index contributed by atoms with van der Waals surface area (Å²) in [5.41, 5.74) is 6.06. The molecule has 0 spiro atoms. The summed E-state index contributed by atoms with van der Waals surface area (Å²) in [5.74, 6) is 1.43. The summed E-state index contributed by atoms with van der Waals surface area (Å²) in [5, 5.41) is 7.57. The Morgan fingerprint density at radius 3 is 2.50 bits per heavy atom. The Labute approximate surface area is 188 Å². The van der Waals surface area contributed by atoms with E-state index in [-0.39, 0.29) is 0 Å². The van der Waals surface area contributed by atoms with E-state index in [0.717, 1.165) is 27.9 Å². The maximum Gasteiger partial charge on any atom is 0.250 e. The Balaban J connectivity index is 1.57. The van der Waals surface area contributed by atoms with Crippen LogP contribution in [0.25, 0.3) is 0 Å². The molecule has 4 rings (SSSR count). The van der Waals surface area contributed by atoms with E-state index >= 15 is 0 Å². The van der Waals surface area contributed by atoms with Crippen LogP contribution in [-0.4, -0.2) is 47.5 Å². The van der Waals surface area contributed by atoms with Crippen LogP contribution in [0.5, 0.6) is 0 Å². The Hall–Kier alpha value is -2.79. The number of rotatable bonds is 6. The molecule has 0 atom stereocenters. The first-order valence-electron chi connectivity index (χ1n) is 9.63. The number of aryl methyl sites for hydroxylation is 1. The molecule has 0 aliphatic carbocycles. The number of anilines is 4. The fraction of sp³-hybridized carbons (Fsp3) is 0.238. The normalized spacial score (nSPS) is 14.1. The summed E-state index contributed by atoms with van der Waals surface area (Å²) < 4.78 is 6.56. The van der Waals surface area contributed by atoms with Gasteiger partial charge in [0.15, 0.2) is 0 Å². The lowest BCUT2D eigenvalue weighted by atomic mass is 10.2. The van der Waals surface area contributed by atoms with Crippen LogP contribution in [0.1, 0.15) is 11.1 Å². The molecule has 1 aliphatic heterocycles. The van der Waals surface area contributed by atoms with Crippen molar-refractivity contribution in [3.8, 4) is 0 Å². The highest BCUT2D eigenvalue weighted by molar-refractivity contribution is 14.1. The Morgan fingerprint density at radius 2 is 1.73 bits per heavy atom. The van der Waals surface area contributed by atoms with Gasteiger partial charge in [-0.2, -0.15) is 20.1 Å². The van der Waals surface area contributed by atoms with E-state index < -0.39 is 0 Å². The van der Waals surface area contributed by atoms with E-state index in [2.05, 4.69) is 65.2 Å². The summed E-state index contributed by atoms with van der Waals surface area (Å²) in [6.07, 6.45) is 1.76. The van der Waals surface area contributed by atoms with Gasteiger partial charge < -0.3 is 15.0 Å². The Morgan fingerprint density at radius 1 is 1.00 bits per heavy atom. The van der Waals surface area contributed by atoms with E-state index in [0.29, 0.717) is 31.1 Å². The molecule has 2 heterocycles. The average molecular weight is 515 g/mol. The van der Waals surface area contributed by atoms with Gasteiger partial charge in [-0.15, -0.1) is 0 Å². The fourth-order valence-corrected chi connectivity index (χ4v) is 3.41. The first-order valence-corrected chi connectivity index (χ1v) is 10.7. The second kappa shape index (κ2) is 9.81. The Bertz CT molecular complexity index is 1020. The highest BCUT2D eigenvalue weighted by atomic mass is 127. The van der Waals surface area contributed by atoms with Crippen molar-refractivity contribution in [1.29, 1.82) is 0 Å². The molecule has 9 heteroatoms. The van der Waals surface area contributed by atoms with Crippen LogP contribution in [0.15, 0.2) is 53.6 Å². The monoisotopic (exact) mass is 515 g/mol. The molecule has 1 saturated heterocycles. The summed E-state index contributed by atoms with van der Waals surface area (Å²) in [4.78, 5) is 15.7. The zero-order chi connectivity index (χ0) is 20.8. The molecule has 0 saturated carbocycles. The molecule has 2 aromatic carbocycles. The van der Waals surface area contributed by atoms with E-state index in [9.17, 15) is 0 Å². The molecule has 0 amide bonds. The molecule has 30 heavy (non-hydrogen) atoms. The van der Waals surface area contributed by atoms with Gasteiger partial charge in [-0.25, -0.2) is 5.43 Å². The summed E-state index contributed by atoms with van der Waals surface area (Å²) in [6, 6.07) is 16.1.